The number of halogens is 2. The van der Waals surface area contributed by atoms with Crippen molar-refractivity contribution in [3.8, 4) is 0 Å². The first kappa shape index (κ1) is 18.0. The van der Waals surface area contributed by atoms with Crippen LogP contribution in [0.2, 0.25) is 0 Å². The van der Waals surface area contributed by atoms with Gasteiger partial charge in [0.15, 0.2) is 0 Å². The first-order valence-electron chi connectivity index (χ1n) is 7.85. The third-order valence-corrected chi connectivity index (χ3v) is 3.89. The number of alkyl halides is 2. The minimum atomic E-state index is -4.03. The zero-order valence-electron chi connectivity index (χ0n) is 13.1. The van der Waals surface area contributed by atoms with Crippen molar-refractivity contribution in [1.82, 2.24) is 15.1 Å². The number of nitrogens with zero attached hydrogens (tertiary/aromatic N) is 2. The van der Waals surface area contributed by atoms with Gasteiger partial charge in [0.25, 0.3) is 0 Å². The highest BCUT2D eigenvalue weighted by molar-refractivity contribution is 6.06. The van der Waals surface area contributed by atoms with Crippen LogP contribution in [0.3, 0.4) is 0 Å². The SMILES string of the molecule is O=C(NCCCN1CCOCC1)C(F)(F)C(=O)N1CCOCC1. The van der Waals surface area contributed by atoms with Crippen LogP contribution in [0.4, 0.5) is 8.78 Å². The third kappa shape index (κ3) is 5.08. The van der Waals surface area contributed by atoms with Crippen molar-refractivity contribution in [1.29, 1.82) is 0 Å². The van der Waals surface area contributed by atoms with Crippen LogP contribution in [-0.2, 0) is 19.1 Å². The Morgan fingerprint density at radius 3 is 2.17 bits per heavy atom. The second-order valence-corrected chi connectivity index (χ2v) is 5.54. The average Bonchev–Trinajstić information content (AvgIpc) is 2.59. The van der Waals surface area contributed by atoms with Crippen LogP contribution in [0.5, 0.6) is 0 Å². The van der Waals surface area contributed by atoms with Crippen molar-refractivity contribution in [2.45, 2.75) is 12.3 Å². The van der Waals surface area contributed by atoms with Gasteiger partial charge >= 0.3 is 17.7 Å². The van der Waals surface area contributed by atoms with Crippen molar-refractivity contribution in [2.75, 3.05) is 65.7 Å². The maximum Gasteiger partial charge on any atom is 0.400 e. The Bertz CT molecular complexity index is 411. The van der Waals surface area contributed by atoms with Gasteiger partial charge in [0, 0.05) is 32.7 Å². The predicted octanol–water partition coefficient (Wildman–Crippen LogP) is -0.681. The molecule has 23 heavy (non-hydrogen) atoms. The minimum absolute atomic E-state index is 0.0821. The zero-order chi connectivity index (χ0) is 16.7. The van der Waals surface area contributed by atoms with E-state index in [-0.39, 0.29) is 32.8 Å². The second kappa shape index (κ2) is 8.51. The summed E-state index contributed by atoms with van der Waals surface area (Å²) in [6.07, 6.45) is 0.549. The van der Waals surface area contributed by atoms with Gasteiger partial charge in [0.1, 0.15) is 0 Å². The molecule has 0 aliphatic carbocycles. The van der Waals surface area contributed by atoms with Crippen LogP contribution in [0.25, 0.3) is 0 Å². The van der Waals surface area contributed by atoms with Gasteiger partial charge in [-0.3, -0.25) is 14.5 Å². The molecule has 2 heterocycles. The highest BCUT2D eigenvalue weighted by Gasteiger charge is 2.49. The van der Waals surface area contributed by atoms with E-state index in [0.29, 0.717) is 26.2 Å². The molecule has 2 aliphatic heterocycles. The Kier molecular flexibility index (Phi) is 6.67. The molecule has 132 valence electrons. The molecule has 9 heteroatoms. The molecule has 0 spiro atoms. The molecule has 2 rings (SSSR count). The van der Waals surface area contributed by atoms with Crippen molar-refractivity contribution in [2.24, 2.45) is 0 Å². The number of carbonyl (C=O) groups excluding carboxylic acids is 2. The first-order valence-corrected chi connectivity index (χ1v) is 7.85. The summed E-state index contributed by atoms with van der Waals surface area (Å²) in [6, 6.07) is 0. The van der Waals surface area contributed by atoms with E-state index >= 15 is 0 Å². The largest absolute Gasteiger partial charge is 0.400 e. The molecule has 2 amide bonds. The summed E-state index contributed by atoms with van der Waals surface area (Å²) in [5.74, 6) is -7.02. The molecule has 2 aliphatic rings. The Morgan fingerprint density at radius 1 is 1.00 bits per heavy atom. The van der Waals surface area contributed by atoms with Crippen LogP contribution in [0, 0.1) is 0 Å². The summed E-state index contributed by atoms with van der Waals surface area (Å²) in [5, 5.41) is 2.16. The molecule has 2 fully saturated rings. The Balaban J connectivity index is 1.71. The summed E-state index contributed by atoms with van der Waals surface area (Å²) in [6.45, 7) is 4.34. The number of amides is 2. The van der Waals surface area contributed by atoms with Crippen LogP contribution < -0.4 is 5.32 Å². The van der Waals surface area contributed by atoms with Gasteiger partial charge in [0.05, 0.1) is 26.4 Å². The van der Waals surface area contributed by atoms with E-state index in [9.17, 15) is 18.4 Å². The molecule has 0 atom stereocenters. The van der Waals surface area contributed by atoms with E-state index in [1.807, 2.05) is 0 Å². The van der Waals surface area contributed by atoms with E-state index in [1.165, 1.54) is 0 Å². The number of carbonyl (C=O) groups is 2. The van der Waals surface area contributed by atoms with Crippen LogP contribution in [0.1, 0.15) is 6.42 Å². The highest BCUT2D eigenvalue weighted by Crippen LogP contribution is 2.18. The third-order valence-electron chi connectivity index (χ3n) is 3.89. The molecule has 0 aromatic heterocycles. The molecule has 7 nitrogen and oxygen atoms in total. The standard InChI is InChI=1S/C14H23F2N3O4/c15-14(16,13(21)19-6-10-23-11-7-19)12(20)17-2-1-3-18-4-8-22-9-5-18/h1-11H2,(H,17,20). The first-order chi connectivity index (χ1) is 11.0. The fraction of sp³-hybridized carbons (Fsp3) is 0.857. The van der Waals surface area contributed by atoms with Gasteiger partial charge in [-0.25, -0.2) is 0 Å². The molecule has 1 N–H and O–H groups in total. The Labute approximate surface area is 133 Å². The number of hydrogen-bond acceptors (Lipinski definition) is 5. The number of rotatable bonds is 6. The number of morpholine rings is 2. The lowest BCUT2D eigenvalue weighted by Crippen LogP contribution is -2.55. The van der Waals surface area contributed by atoms with E-state index < -0.39 is 17.7 Å². The lowest BCUT2D eigenvalue weighted by atomic mass is 10.2. The van der Waals surface area contributed by atoms with Crippen molar-refractivity contribution < 1.29 is 27.8 Å². The fourth-order valence-corrected chi connectivity index (χ4v) is 2.50. The summed E-state index contributed by atoms with van der Waals surface area (Å²) in [4.78, 5) is 26.5. The highest BCUT2D eigenvalue weighted by atomic mass is 19.3. The van der Waals surface area contributed by atoms with Gasteiger partial charge in [-0.05, 0) is 13.0 Å². The van der Waals surface area contributed by atoms with E-state index in [4.69, 9.17) is 9.47 Å². The van der Waals surface area contributed by atoms with E-state index in [2.05, 4.69) is 10.2 Å². The van der Waals surface area contributed by atoms with E-state index in [0.717, 1.165) is 18.0 Å². The van der Waals surface area contributed by atoms with Crippen LogP contribution in [-0.4, -0.2) is 93.2 Å². The lowest BCUT2D eigenvalue weighted by Gasteiger charge is -2.29. The van der Waals surface area contributed by atoms with Gasteiger partial charge in [0.2, 0.25) is 0 Å². The molecule has 0 aromatic rings. The van der Waals surface area contributed by atoms with Gasteiger partial charge in [-0.2, -0.15) is 8.78 Å². The van der Waals surface area contributed by atoms with Crippen LogP contribution >= 0.6 is 0 Å². The summed E-state index contributed by atoms with van der Waals surface area (Å²) in [5.41, 5.74) is 0. The van der Waals surface area contributed by atoms with E-state index in [1.54, 1.807) is 0 Å². The maximum atomic E-state index is 13.9. The molecule has 0 saturated carbocycles. The van der Waals surface area contributed by atoms with Crippen LogP contribution in [0.15, 0.2) is 0 Å². The molecule has 0 aromatic carbocycles. The van der Waals surface area contributed by atoms with Crippen molar-refractivity contribution in [3.63, 3.8) is 0 Å². The molecule has 0 unspecified atom stereocenters. The molecular formula is C14H23F2N3O4. The smallest absolute Gasteiger partial charge is 0.379 e. The van der Waals surface area contributed by atoms with Crippen molar-refractivity contribution >= 4 is 11.8 Å². The van der Waals surface area contributed by atoms with Gasteiger partial charge < -0.3 is 19.7 Å². The second-order valence-electron chi connectivity index (χ2n) is 5.54. The Morgan fingerprint density at radius 2 is 1.57 bits per heavy atom. The molecule has 0 radical (unpaired) electrons. The van der Waals surface area contributed by atoms with Gasteiger partial charge in [-0.15, -0.1) is 0 Å². The number of nitrogens with one attached hydrogen (secondary N) is 1. The predicted molar refractivity (Wildman–Crippen MR) is 77.2 cm³/mol. The molecular weight excluding hydrogens is 312 g/mol. The molecule has 2 saturated heterocycles. The quantitative estimate of drug-likeness (QED) is 0.514. The summed E-state index contributed by atoms with van der Waals surface area (Å²) >= 11 is 0. The zero-order valence-corrected chi connectivity index (χ0v) is 13.1. The monoisotopic (exact) mass is 335 g/mol. The summed E-state index contributed by atoms with van der Waals surface area (Å²) in [7, 11) is 0. The minimum Gasteiger partial charge on any atom is -0.379 e. The molecule has 0 bridgehead atoms. The van der Waals surface area contributed by atoms with Crippen molar-refractivity contribution in [3.05, 3.63) is 0 Å². The normalized spacial score (nSPS) is 20.3. The average molecular weight is 335 g/mol. The topological polar surface area (TPSA) is 71.1 Å². The van der Waals surface area contributed by atoms with Gasteiger partial charge in [-0.1, -0.05) is 0 Å². The summed E-state index contributed by atoms with van der Waals surface area (Å²) < 4.78 is 38.0. The maximum absolute atomic E-state index is 13.9. The lowest BCUT2D eigenvalue weighted by molar-refractivity contribution is -0.170. The number of hydrogen-bond donors (Lipinski definition) is 1. The Hall–Kier alpha value is -1.32. The fourth-order valence-electron chi connectivity index (χ4n) is 2.50. The number of ether oxygens (including phenoxy) is 2.